The fourth-order valence-electron chi connectivity index (χ4n) is 2.11. The summed E-state index contributed by atoms with van der Waals surface area (Å²) in [6, 6.07) is 11.2. The van der Waals surface area contributed by atoms with Crippen LogP contribution in [0, 0.1) is 25.1 Å². The number of nitro groups is 2. The molecule has 12 heteroatoms. The van der Waals surface area contributed by atoms with Gasteiger partial charge in [0.1, 0.15) is 5.01 Å². The van der Waals surface area contributed by atoms with Gasteiger partial charge >= 0.3 is 0 Å². The van der Waals surface area contributed by atoms with E-state index in [0.717, 1.165) is 11.3 Å². The van der Waals surface area contributed by atoms with Gasteiger partial charge in [0.2, 0.25) is 4.80 Å². The molecule has 0 bridgehead atoms. The number of rotatable bonds is 5. The third-order valence-corrected chi connectivity index (χ3v) is 4.26. The zero-order valence-corrected chi connectivity index (χ0v) is 13.6. The topological polar surface area (TPSA) is 146 Å². The first-order valence-corrected chi connectivity index (χ1v) is 7.77. The van der Waals surface area contributed by atoms with Crippen molar-refractivity contribution in [2.45, 2.75) is 0 Å². The average molecular weight is 372 g/mol. The molecule has 0 amide bonds. The van der Waals surface area contributed by atoms with Gasteiger partial charge in [-0.1, -0.05) is 16.4 Å². The van der Waals surface area contributed by atoms with E-state index >= 15 is 0 Å². The van der Waals surface area contributed by atoms with E-state index in [1.165, 1.54) is 53.2 Å². The second kappa shape index (κ2) is 6.98. The number of hydrogen-bond donors (Lipinski definition) is 0. The summed E-state index contributed by atoms with van der Waals surface area (Å²) in [4.78, 5) is 31.1. The fraction of sp³-hybridized carbons (Fsp3) is 0. The molecule has 2 aromatic carbocycles. The summed E-state index contributed by atoms with van der Waals surface area (Å²) in [6.07, 6.45) is 0. The van der Waals surface area contributed by atoms with Gasteiger partial charge < -0.3 is 0 Å². The molecule has 0 saturated carbocycles. The van der Waals surface area contributed by atoms with Crippen molar-refractivity contribution in [2.24, 2.45) is 10.4 Å². The van der Waals surface area contributed by atoms with Crippen LogP contribution in [0.2, 0.25) is 0 Å². The lowest BCUT2D eigenvalue weighted by atomic mass is 10.2. The molecule has 130 valence electrons. The first-order chi connectivity index (χ1) is 12.5. The van der Waals surface area contributed by atoms with Crippen molar-refractivity contribution in [1.82, 2.24) is 9.78 Å². The molecule has 26 heavy (non-hydrogen) atoms. The molecule has 0 saturated heterocycles. The smallest absolute Gasteiger partial charge is 0.258 e. The Morgan fingerprint density at radius 1 is 0.923 bits per heavy atom. The van der Waals surface area contributed by atoms with Crippen LogP contribution in [0.5, 0.6) is 0 Å². The predicted octanol–water partition coefficient (Wildman–Crippen LogP) is 3.00. The van der Waals surface area contributed by atoms with Gasteiger partial charge in [0.25, 0.3) is 11.4 Å². The van der Waals surface area contributed by atoms with Gasteiger partial charge in [0, 0.05) is 29.8 Å². The van der Waals surface area contributed by atoms with Crippen molar-refractivity contribution in [3.05, 3.63) is 78.5 Å². The summed E-state index contributed by atoms with van der Waals surface area (Å²) >= 11 is 1.04. The van der Waals surface area contributed by atoms with Gasteiger partial charge in [-0.3, -0.25) is 20.2 Å². The molecular formula is C14H8N6O5S. The van der Waals surface area contributed by atoms with Crippen molar-refractivity contribution < 1.29 is 9.85 Å². The number of nitrogens with zero attached hydrogens (tertiary/aromatic N) is 6. The van der Waals surface area contributed by atoms with E-state index in [1.807, 2.05) is 0 Å². The van der Waals surface area contributed by atoms with E-state index in [9.17, 15) is 25.1 Å². The van der Waals surface area contributed by atoms with E-state index in [4.69, 9.17) is 0 Å². The van der Waals surface area contributed by atoms with E-state index in [-0.39, 0.29) is 16.2 Å². The predicted molar refractivity (Wildman–Crippen MR) is 91.5 cm³/mol. The molecule has 1 aromatic heterocycles. The Kier molecular flexibility index (Phi) is 4.57. The molecule has 0 spiro atoms. The lowest BCUT2D eigenvalue weighted by Crippen LogP contribution is -2.13. The molecule has 0 fully saturated rings. The van der Waals surface area contributed by atoms with Crippen LogP contribution < -0.4 is 4.80 Å². The number of non-ortho nitro benzene ring substituents is 2. The van der Waals surface area contributed by atoms with E-state index in [0.29, 0.717) is 16.3 Å². The van der Waals surface area contributed by atoms with Crippen molar-refractivity contribution in [3.8, 4) is 16.3 Å². The van der Waals surface area contributed by atoms with Crippen molar-refractivity contribution in [1.29, 1.82) is 0 Å². The summed E-state index contributed by atoms with van der Waals surface area (Å²) in [6.45, 7) is 0. The molecule has 1 heterocycles. The highest BCUT2D eigenvalue weighted by Crippen LogP contribution is 2.23. The monoisotopic (exact) mass is 372 g/mol. The maximum Gasteiger partial charge on any atom is 0.269 e. The second-order valence-corrected chi connectivity index (χ2v) is 5.82. The van der Waals surface area contributed by atoms with Crippen LogP contribution in [-0.2, 0) is 0 Å². The molecule has 0 aliphatic rings. The maximum absolute atomic E-state index is 10.7. The zero-order chi connectivity index (χ0) is 18.7. The van der Waals surface area contributed by atoms with E-state index < -0.39 is 9.85 Å². The molecular weight excluding hydrogens is 364 g/mol. The summed E-state index contributed by atoms with van der Waals surface area (Å²) < 4.78 is 1.31. The van der Waals surface area contributed by atoms with Crippen LogP contribution in [0.1, 0.15) is 0 Å². The van der Waals surface area contributed by atoms with E-state index in [1.54, 1.807) is 0 Å². The number of aromatic nitrogens is 2. The molecule has 0 aliphatic heterocycles. The van der Waals surface area contributed by atoms with Crippen molar-refractivity contribution in [2.75, 3.05) is 0 Å². The highest BCUT2D eigenvalue weighted by atomic mass is 32.1. The summed E-state index contributed by atoms with van der Waals surface area (Å²) in [7, 11) is 0. The van der Waals surface area contributed by atoms with Crippen molar-refractivity contribution >= 4 is 22.7 Å². The Hall–Kier alpha value is -3.80. The number of benzene rings is 2. The SMILES string of the molecule is O=N/N=c1/sc(-c2ccc([N+](=O)[O-])cc2)nn1-c1ccc([N+](=O)[O-])cc1. The van der Waals surface area contributed by atoms with Crippen LogP contribution in [0.4, 0.5) is 11.4 Å². The fourth-order valence-corrected chi connectivity index (χ4v) is 2.96. The van der Waals surface area contributed by atoms with Crippen molar-refractivity contribution in [3.63, 3.8) is 0 Å². The molecule has 11 nitrogen and oxygen atoms in total. The van der Waals surface area contributed by atoms with Crippen LogP contribution >= 0.6 is 11.3 Å². The van der Waals surface area contributed by atoms with Gasteiger partial charge in [-0.05, 0) is 24.3 Å². The second-order valence-electron chi connectivity index (χ2n) is 4.86. The maximum atomic E-state index is 10.7. The van der Waals surface area contributed by atoms with Gasteiger partial charge in [-0.15, -0.1) is 4.91 Å². The summed E-state index contributed by atoms with van der Waals surface area (Å²) in [5.74, 6) is 0. The lowest BCUT2D eigenvalue weighted by Gasteiger charge is -2.00. The third-order valence-electron chi connectivity index (χ3n) is 3.32. The molecule has 0 N–H and O–H groups in total. The largest absolute Gasteiger partial charge is 0.269 e. The van der Waals surface area contributed by atoms with E-state index in [2.05, 4.69) is 15.5 Å². The van der Waals surface area contributed by atoms with Gasteiger partial charge in [-0.25, -0.2) is 4.68 Å². The average Bonchev–Trinajstić information content (AvgIpc) is 3.06. The number of nitroso groups, excluding NO2 is 1. The Bertz CT molecular complexity index is 1050. The molecule has 3 rings (SSSR count). The minimum absolute atomic E-state index is 0.0620. The zero-order valence-electron chi connectivity index (χ0n) is 12.8. The summed E-state index contributed by atoms with van der Waals surface area (Å²) in [5, 5.41) is 32.2. The minimum atomic E-state index is -0.532. The third kappa shape index (κ3) is 3.34. The number of nitro benzene ring substituents is 2. The van der Waals surface area contributed by atoms with Crippen LogP contribution in [0.25, 0.3) is 16.3 Å². The highest BCUT2D eigenvalue weighted by Gasteiger charge is 2.13. The Labute approximate surface area is 148 Å². The quantitative estimate of drug-likeness (QED) is 0.382. The summed E-state index contributed by atoms with van der Waals surface area (Å²) in [5.41, 5.74) is 0.881. The van der Waals surface area contributed by atoms with Crippen LogP contribution in [-0.4, -0.2) is 19.6 Å². The molecule has 3 aromatic rings. The van der Waals surface area contributed by atoms with Crippen LogP contribution in [0.15, 0.2) is 58.9 Å². The lowest BCUT2D eigenvalue weighted by molar-refractivity contribution is -0.385. The molecule has 0 radical (unpaired) electrons. The standard InChI is InChI=1S/C14H8N6O5S/c21-17-15-14-18(10-5-7-12(8-6-10)20(24)25)16-13(26-14)9-1-3-11(4-2-9)19(22)23/h1-8H/b15-14+. The van der Waals surface area contributed by atoms with Gasteiger partial charge in [-0.2, -0.15) is 5.10 Å². The molecule has 0 aliphatic carbocycles. The normalized spacial score (nSPS) is 11.3. The van der Waals surface area contributed by atoms with Gasteiger partial charge in [0.15, 0.2) is 0 Å². The highest BCUT2D eigenvalue weighted by molar-refractivity contribution is 7.12. The van der Waals surface area contributed by atoms with Gasteiger partial charge in [0.05, 0.1) is 20.8 Å². The Morgan fingerprint density at radius 2 is 1.46 bits per heavy atom. The number of hydrogen-bond acceptors (Lipinski definition) is 8. The first kappa shape index (κ1) is 17.0. The molecule has 0 unspecified atom stereocenters. The Balaban J connectivity index is 2.06. The first-order valence-electron chi connectivity index (χ1n) is 6.96. The Morgan fingerprint density at radius 3 is 1.96 bits per heavy atom. The van der Waals surface area contributed by atoms with Crippen LogP contribution in [0.3, 0.4) is 0 Å². The minimum Gasteiger partial charge on any atom is -0.258 e. The molecule has 0 atom stereocenters.